The van der Waals surface area contributed by atoms with Crippen LogP contribution in [0.25, 0.3) is 22.3 Å². The van der Waals surface area contributed by atoms with Crippen LogP contribution in [0.1, 0.15) is 18.4 Å². The van der Waals surface area contributed by atoms with Gasteiger partial charge in [-0.25, -0.2) is 0 Å². The Kier molecular flexibility index (Phi) is 3.07. The first-order valence-corrected chi connectivity index (χ1v) is 6.28. The van der Waals surface area contributed by atoms with Gasteiger partial charge in [-0.15, -0.1) is 5.92 Å². The van der Waals surface area contributed by atoms with Gasteiger partial charge in [0.25, 0.3) is 0 Å². The van der Waals surface area contributed by atoms with Gasteiger partial charge < -0.3 is 11.9 Å². The zero-order valence-electron chi connectivity index (χ0n) is 10.5. The van der Waals surface area contributed by atoms with E-state index in [1.54, 1.807) is 0 Å². The Labute approximate surface area is 112 Å². The summed E-state index contributed by atoms with van der Waals surface area (Å²) in [5.74, 6) is 6.23. The Morgan fingerprint density at radius 1 is 1.26 bits per heavy atom. The van der Waals surface area contributed by atoms with Crippen molar-refractivity contribution in [1.29, 1.82) is 0 Å². The van der Waals surface area contributed by atoms with Gasteiger partial charge in [0.1, 0.15) is 5.69 Å². The molecular weight excluding hydrogens is 234 g/mol. The number of nitrogens with zero attached hydrogens (tertiary/aromatic N) is 1. The second-order valence-electron chi connectivity index (χ2n) is 4.32. The molecule has 0 aliphatic carbocycles. The fourth-order valence-corrected chi connectivity index (χ4v) is 2.03. The monoisotopic (exact) mass is 248 g/mol. The predicted molar refractivity (Wildman–Crippen MR) is 77.3 cm³/mol. The van der Waals surface area contributed by atoms with Crippen molar-refractivity contribution in [2.75, 3.05) is 0 Å². The topological polar surface area (TPSA) is 44.5 Å². The molecule has 0 atom stereocenters. The number of nitrogens with one attached hydrogen (secondary N) is 2. The average Bonchev–Trinajstić information content (AvgIpc) is 3.07. The molecule has 3 heteroatoms. The highest BCUT2D eigenvalue weighted by Crippen LogP contribution is 2.25. The summed E-state index contributed by atoms with van der Waals surface area (Å²) in [6, 6.07) is 10.1. The third kappa shape index (κ3) is 2.25. The lowest BCUT2D eigenvalue weighted by Gasteiger charge is -1.95. The molecule has 2 heterocycles. The van der Waals surface area contributed by atoms with Crippen LogP contribution in [0.2, 0.25) is 0 Å². The smallest absolute Gasteiger partial charge is 0.116 e. The van der Waals surface area contributed by atoms with E-state index in [4.69, 9.17) is 0 Å². The minimum atomic E-state index is 0.828. The van der Waals surface area contributed by atoms with Crippen molar-refractivity contribution in [3.8, 4) is 23.2 Å². The predicted octanol–water partition coefficient (Wildman–Crippen LogP) is 3.52. The summed E-state index contributed by atoms with van der Waals surface area (Å²) >= 11 is 0. The molecule has 0 radical (unpaired) electrons. The maximum absolute atomic E-state index is 4.36. The van der Waals surface area contributed by atoms with Gasteiger partial charge in [0, 0.05) is 17.1 Å². The van der Waals surface area contributed by atoms with Gasteiger partial charge >= 0.3 is 0 Å². The molecule has 3 aromatic rings. The van der Waals surface area contributed by atoms with E-state index >= 15 is 0 Å². The van der Waals surface area contributed by atoms with Crippen LogP contribution in [0.4, 0.5) is 0 Å². The summed E-state index contributed by atoms with van der Waals surface area (Å²) in [4.78, 5) is 3.17. The fourth-order valence-electron chi connectivity index (χ4n) is 2.03. The quantitative estimate of drug-likeness (QED) is 0.529. The first kappa shape index (κ1) is 11.6. The largest absolute Gasteiger partial charge is 0.360 e. The van der Waals surface area contributed by atoms with Crippen molar-refractivity contribution in [2.24, 2.45) is 0 Å². The molecule has 3 nitrogen and oxygen atoms in total. The van der Waals surface area contributed by atoms with Crippen LogP contribution >= 0.6 is 0 Å². The van der Waals surface area contributed by atoms with Gasteiger partial charge in [0.05, 0.1) is 11.2 Å². The summed E-state index contributed by atoms with van der Waals surface area (Å²) in [7, 11) is 0. The maximum Gasteiger partial charge on any atom is 0.116 e. The Hall–Kier alpha value is -2.47. The summed E-state index contributed by atoms with van der Waals surface area (Å²) in [5.41, 5.74) is 3.97. The Morgan fingerprint density at radius 3 is 3.00 bits per heavy atom. The van der Waals surface area contributed by atoms with Crippen molar-refractivity contribution < 1.29 is 0 Å². The first-order chi connectivity index (χ1) is 9.38. The highest BCUT2D eigenvalue weighted by Gasteiger charge is 2.08. The van der Waals surface area contributed by atoms with Crippen LogP contribution in [-0.4, -0.2) is 15.2 Å². The molecule has 2 N–H and O–H groups in total. The lowest BCUT2D eigenvalue weighted by Crippen LogP contribution is -1.78. The Balaban J connectivity index is 2.01. The van der Waals surface area contributed by atoms with Gasteiger partial charge in [0.15, 0.2) is 0 Å². The van der Waals surface area contributed by atoms with Crippen LogP contribution in [-0.2, 0) is 0 Å². The summed E-state index contributed by atoms with van der Waals surface area (Å²) in [6.45, 7) is 3.78. The molecule has 94 valence electrons. The first-order valence-electron chi connectivity index (χ1n) is 6.28. The zero-order chi connectivity index (χ0) is 13.1. The van der Waals surface area contributed by atoms with Crippen molar-refractivity contribution in [2.45, 2.75) is 12.8 Å². The van der Waals surface area contributed by atoms with Crippen LogP contribution in [0.15, 0.2) is 36.5 Å². The maximum atomic E-state index is 4.36. The van der Waals surface area contributed by atoms with E-state index in [9.17, 15) is 0 Å². The molecule has 0 fully saturated rings. The highest BCUT2D eigenvalue weighted by atomic mass is 15.1. The normalized spacial score (nSPS) is 10.4. The second-order valence-corrected chi connectivity index (χ2v) is 4.32. The van der Waals surface area contributed by atoms with Gasteiger partial charge in [-0.1, -0.05) is 5.92 Å². The van der Waals surface area contributed by atoms with Crippen LogP contribution < -0.4 is 0 Å². The molecule has 0 amide bonds. The van der Waals surface area contributed by atoms with E-state index in [0.29, 0.717) is 0 Å². The molecule has 19 heavy (non-hydrogen) atoms. The fraction of sp³-hybridized carbons (Fsp3) is 0.125. The van der Waals surface area contributed by atoms with E-state index in [2.05, 4.69) is 40.0 Å². The standard InChI is InChI=1S/C16H14N3/c1-2-3-4-6-12-8-9-13-15(11-12)18-19-16(13)14-7-5-10-17-14/h5,7-11,17H,1-3H2,(H,18,19)/q-1. The van der Waals surface area contributed by atoms with Crippen LogP contribution in [0.3, 0.4) is 0 Å². The summed E-state index contributed by atoms with van der Waals surface area (Å²) in [5, 5.41) is 8.52. The molecule has 0 aliphatic rings. The molecule has 0 spiro atoms. The lowest BCUT2D eigenvalue weighted by atomic mass is 10.1. The molecule has 0 aliphatic heterocycles. The molecule has 0 saturated carbocycles. The lowest BCUT2D eigenvalue weighted by molar-refractivity contribution is 1.08. The molecule has 2 aromatic heterocycles. The third-order valence-electron chi connectivity index (χ3n) is 2.95. The summed E-state index contributed by atoms with van der Waals surface area (Å²) in [6.07, 6.45) is 3.57. The molecule has 0 unspecified atom stereocenters. The Bertz CT molecular complexity index is 739. The van der Waals surface area contributed by atoms with E-state index in [1.807, 2.05) is 30.5 Å². The van der Waals surface area contributed by atoms with E-state index < -0.39 is 0 Å². The second kappa shape index (κ2) is 5.03. The van der Waals surface area contributed by atoms with Crippen molar-refractivity contribution in [1.82, 2.24) is 15.2 Å². The number of fused-ring (bicyclic) bond motifs is 1. The summed E-state index contributed by atoms with van der Waals surface area (Å²) < 4.78 is 0. The van der Waals surface area contributed by atoms with Crippen molar-refractivity contribution >= 4 is 10.9 Å². The molecule has 3 rings (SSSR count). The van der Waals surface area contributed by atoms with Crippen molar-refractivity contribution in [3.05, 3.63) is 49.0 Å². The SMILES string of the molecule is [CH2-]CCC#Cc1ccc2c(-c3ccc[nH]3)n[nH]c2c1. The van der Waals surface area contributed by atoms with Crippen LogP contribution in [0, 0.1) is 18.8 Å². The van der Waals surface area contributed by atoms with Gasteiger partial charge in [-0.2, -0.15) is 11.5 Å². The van der Waals surface area contributed by atoms with Gasteiger partial charge in [0.2, 0.25) is 0 Å². The number of unbranched alkanes of at least 4 members (excludes halogenated alkanes) is 1. The number of rotatable bonds is 2. The third-order valence-corrected chi connectivity index (χ3v) is 2.95. The number of benzene rings is 1. The minimum Gasteiger partial charge on any atom is -0.360 e. The van der Waals surface area contributed by atoms with Crippen LogP contribution in [0.5, 0.6) is 0 Å². The number of hydrogen-bond acceptors (Lipinski definition) is 1. The number of H-pyrrole nitrogens is 2. The molecule has 0 saturated heterocycles. The van der Waals surface area contributed by atoms with E-state index in [1.165, 1.54) is 0 Å². The average molecular weight is 248 g/mol. The Morgan fingerprint density at radius 2 is 2.21 bits per heavy atom. The minimum absolute atomic E-state index is 0.828. The highest BCUT2D eigenvalue weighted by molar-refractivity contribution is 5.92. The van der Waals surface area contributed by atoms with Gasteiger partial charge in [-0.3, -0.25) is 5.10 Å². The van der Waals surface area contributed by atoms with Gasteiger partial charge in [-0.05, 0) is 36.8 Å². The van der Waals surface area contributed by atoms with E-state index in [-0.39, 0.29) is 0 Å². The number of hydrogen-bond donors (Lipinski definition) is 2. The van der Waals surface area contributed by atoms with Crippen molar-refractivity contribution in [3.63, 3.8) is 0 Å². The molecule has 0 bridgehead atoms. The zero-order valence-corrected chi connectivity index (χ0v) is 10.5. The van der Waals surface area contributed by atoms with E-state index in [0.717, 1.165) is 40.7 Å². The molecule has 1 aromatic carbocycles. The number of aromatic amines is 2. The molecular formula is C16H14N3-. The number of aromatic nitrogens is 3.